The summed E-state index contributed by atoms with van der Waals surface area (Å²) in [4.78, 5) is 11.3. The molecular weight excluding hydrogens is 336 g/mol. The summed E-state index contributed by atoms with van der Waals surface area (Å²) in [5.74, 6) is 1.79. The van der Waals surface area contributed by atoms with Crippen molar-refractivity contribution >= 4 is 17.6 Å². The molecule has 6 nitrogen and oxygen atoms in total. The lowest BCUT2D eigenvalue weighted by atomic mass is 9.96. The molecule has 0 radical (unpaired) electrons. The average Bonchev–Trinajstić information content (AvgIpc) is 3.29. The van der Waals surface area contributed by atoms with Gasteiger partial charge in [-0.2, -0.15) is 5.10 Å². The molecule has 0 spiro atoms. The van der Waals surface area contributed by atoms with Crippen LogP contribution in [0.2, 0.25) is 5.02 Å². The van der Waals surface area contributed by atoms with Crippen molar-refractivity contribution in [1.82, 2.24) is 25.0 Å². The summed E-state index contributed by atoms with van der Waals surface area (Å²) in [7, 11) is 3.92. The van der Waals surface area contributed by atoms with Gasteiger partial charge in [0.05, 0.1) is 13.1 Å². The molecule has 1 fully saturated rings. The summed E-state index contributed by atoms with van der Waals surface area (Å²) in [5, 5.41) is 8.28. The van der Waals surface area contributed by atoms with Crippen LogP contribution in [0.15, 0.2) is 35.6 Å². The third-order valence-corrected chi connectivity index (χ3v) is 4.94. The van der Waals surface area contributed by atoms with E-state index in [0.29, 0.717) is 6.54 Å². The van der Waals surface area contributed by atoms with Crippen molar-refractivity contribution in [2.45, 2.75) is 31.7 Å². The van der Waals surface area contributed by atoms with Crippen molar-refractivity contribution in [2.75, 3.05) is 20.1 Å². The van der Waals surface area contributed by atoms with Gasteiger partial charge in [-0.15, -0.1) is 0 Å². The molecule has 3 rings (SSSR count). The Morgan fingerprint density at radius 2 is 2.24 bits per heavy atom. The highest BCUT2D eigenvalue weighted by Crippen LogP contribution is 2.48. The van der Waals surface area contributed by atoms with Crippen LogP contribution in [-0.4, -0.2) is 45.8 Å². The van der Waals surface area contributed by atoms with Crippen molar-refractivity contribution in [2.24, 2.45) is 12.0 Å². The van der Waals surface area contributed by atoms with Crippen LogP contribution in [-0.2, 0) is 19.0 Å². The minimum atomic E-state index is 0.136. The topological polar surface area (TPSA) is 58.3 Å². The summed E-state index contributed by atoms with van der Waals surface area (Å²) in [5.41, 5.74) is 1.42. The highest BCUT2D eigenvalue weighted by atomic mass is 35.5. The van der Waals surface area contributed by atoms with Crippen molar-refractivity contribution in [1.29, 1.82) is 0 Å². The van der Waals surface area contributed by atoms with Crippen LogP contribution in [0.5, 0.6) is 0 Å². The summed E-state index contributed by atoms with van der Waals surface area (Å²) in [6.45, 7) is 4.33. The maximum absolute atomic E-state index is 6.16. The Morgan fingerprint density at radius 3 is 2.84 bits per heavy atom. The molecule has 25 heavy (non-hydrogen) atoms. The zero-order chi connectivity index (χ0) is 17.9. The molecule has 1 aromatic carbocycles. The van der Waals surface area contributed by atoms with Crippen molar-refractivity contribution in [3.8, 4) is 0 Å². The Hall–Kier alpha value is -2.08. The highest BCUT2D eigenvalue weighted by molar-refractivity contribution is 6.30. The van der Waals surface area contributed by atoms with Gasteiger partial charge in [-0.25, -0.2) is 4.98 Å². The number of nitrogens with one attached hydrogen (secondary N) is 1. The van der Waals surface area contributed by atoms with Crippen LogP contribution in [0.25, 0.3) is 0 Å². The molecule has 7 heteroatoms. The number of halogens is 1. The van der Waals surface area contributed by atoms with Gasteiger partial charge in [-0.3, -0.25) is 9.67 Å². The zero-order valence-corrected chi connectivity index (χ0v) is 15.8. The molecule has 1 N–H and O–H groups in total. The monoisotopic (exact) mass is 360 g/mol. The first-order chi connectivity index (χ1) is 12.0. The molecule has 134 valence electrons. The van der Waals surface area contributed by atoms with Gasteiger partial charge in [0.1, 0.15) is 12.2 Å². The van der Waals surface area contributed by atoms with Gasteiger partial charge >= 0.3 is 0 Å². The normalized spacial score (nSPS) is 15.9. The largest absolute Gasteiger partial charge is 0.357 e. The van der Waals surface area contributed by atoms with E-state index in [1.807, 2.05) is 26.2 Å². The smallest absolute Gasteiger partial charge is 0.194 e. The standard InChI is InChI=1S/C18H25ClN6/c1-4-20-17(24(2)11-16-22-13-23-25(16)3)21-12-18(8-9-18)14-6-5-7-15(19)10-14/h5-7,10,13H,4,8-9,11-12H2,1-3H3,(H,20,21). The number of guanidine groups is 1. The molecule has 0 aliphatic heterocycles. The van der Waals surface area contributed by atoms with Crippen molar-refractivity contribution in [3.05, 3.63) is 47.0 Å². The number of hydrogen-bond acceptors (Lipinski definition) is 3. The van der Waals surface area contributed by atoms with Crippen LogP contribution >= 0.6 is 11.6 Å². The second-order valence-electron chi connectivity index (χ2n) is 6.62. The Bertz CT molecular complexity index is 750. The molecule has 0 atom stereocenters. The molecule has 2 aromatic rings. The Balaban J connectivity index is 1.73. The van der Waals surface area contributed by atoms with Crippen LogP contribution in [0.1, 0.15) is 31.2 Å². The number of rotatable bonds is 6. The minimum absolute atomic E-state index is 0.136. The second kappa shape index (κ2) is 7.44. The molecule has 0 saturated heterocycles. The van der Waals surface area contributed by atoms with E-state index >= 15 is 0 Å². The number of aromatic nitrogens is 3. The highest BCUT2D eigenvalue weighted by Gasteiger charge is 2.44. The quantitative estimate of drug-likeness (QED) is 0.635. The summed E-state index contributed by atoms with van der Waals surface area (Å²) >= 11 is 6.16. The van der Waals surface area contributed by atoms with Gasteiger partial charge in [0, 0.05) is 31.1 Å². The Kier molecular flexibility index (Phi) is 5.27. The van der Waals surface area contributed by atoms with Gasteiger partial charge in [-0.05, 0) is 37.5 Å². The lowest BCUT2D eigenvalue weighted by Gasteiger charge is -2.23. The molecule has 0 amide bonds. The van der Waals surface area contributed by atoms with Crippen LogP contribution in [0.3, 0.4) is 0 Å². The van der Waals surface area contributed by atoms with E-state index in [4.69, 9.17) is 16.6 Å². The Labute approximate surface area is 153 Å². The van der Waals surface area contributed by atoms with E-state index in [9.17, 15) is 0 Å². The number of aliphatic imine (C=N–C) groups is 1. The summed E-state index contributed by atoms with van der Waals surface area (Å²) in [6, 6.07) is 8.17. The third-order valence-electron chi connectivity index (χ3n) is 4.70. The van der Waals surface area contributed by atoms with Gasteiger partial charge in [0.15, 0.2) is 5.96 Å². The predicted octanol–water partition coefficient (Wildman–Crippen LogP) is 2.60. The van der Waals surface area contributed by atoms with E-state index in [-0.39, 0.29) is 5.41 Å². The first kappa shape index (κ1) is 17.7. The summed E-state index contributed by atoms with van der Waals surface area (Å²) < 4.78 is 1.79. The van der Waals surface area contributed by atoms with E-state index in [0.717, 1.165) is 42.7 Å². The molecule has 1 aliphatic carbocycles. The van der Waals surface area contributed by atoms with Gasteiger partial charge in [0.25, 0.3) is 0 Å². The first-order valence-electron chi connectivity index (χ1n) is 8.62. The van der Waals surface area contributed by atoms with E-state index < -0.39 is 0 Å². The van der Waals surface area contributed by atoms with E-state index in [2.05, 4.69) is 39.4 Å². The molecule has 0 unspecified atom stereocenters. The minimum Gasteiger partial charge on any atom is -0.357 e. The van der Waals surface area contributed by atoms with Gasteiger partial charge in [0.2, 0.25) is 0 Å². The molecule has 1 heterocycles. The maximum Gasteiger partial charge on any atom is 0.194 e. The van der Waals surface area contributed by atoms with Crippen molar-refractivity contribution < 1.29 is 0 Å². The van der Waals surface area contributed by atoms with Crippen LogP contribution in [0.4, 0.5) is 0 Å². The number of hydrogen-bond donors (Lipinski definition) is 1. The van der Waals surface area contributed by atoms with Crippen LogP contribution < -0.4 is 5.32 Å². The SMILES string of the molecule is CCNC(=NCC1(c2cccc(Cl)c2)CC1)N(C)Cc1ncnn1C. The average molecular weight is 361 g/mol. The Morgan fingerprint density at radius 1 is 1.44 bits per heavy atom. The third kappa shape index (κ3) is 4.12. The maximum atomic E-state index is 6.16. The number of nitrogens with zero attached hydrogens (tertiary/aromatic N) is 5. The molecular formula is C18H25ClN6. The fourth-order valence-corrected chi connectivity index (χ4v) is 3.14. The lowest BCUT2D eigenvalue weighted by Crippen LogP contribution is -2.39. The van der Waals surface area contributed by atoms with Gasteiger partial charge < -0.3 is 10.2 Å². The molecule has 1 saturated carbocycles. The summed E-state index contributed by atoms with van der Waals surface area (Å²) in [6.07, 6.45) is 3.89. The number of aryl methyl sites for hydroxylation is 1. The van der Waals surface area contributed by atoms with E-state index in [1.165, 1.54) is 5.56 Å². The van der Waals surface area contributed by atoms with E-state index in [1.54, 1.807) is 11.0 Å². The molecule has 1 aliphatic rings. The number of benzene rings is 1. The fraction of sp³-hybridized carbons (Fsp3) is 0.500. The fourth-order valence-electron chi connectivity index (χ4n) is 2.95. The molecule has 0 bridgehead atoms. The molecule has 1 aromatic heterocycles. The lowest BCUT2D eigenvalue weighted by molar-refractivity contribution is 0.447. The zero-order valence-electron chi connectivity index (χ0n) is 15.0. The van der Waals surface area contributed by atoms with Gasteiger partial charge in [-0.1, -0.05) is 23.7 Å². The predicted molar refractivity (Wildman–Crippen MR) is 101 cm³/mol. The van der Waals surface area contributed by atoms with Crippen molar-refractivity contribution in [3.63, 3.8) is 0 Å². The second-order valence-corrected chi connectivity index (χ2v) is 7.05. The van der Waals surface area contributed by atoms with Crippen LogP contribution in [0, 0.1) is 0 Å². The first-order valence-corrected chi connectivity index (χ1v) is 9.00.